The van der Waals surface area contributed by atoms with E-state index in [9.17, 15) is 9.50 Å². The molecule has 2 N–H and O–H groups in total. The molecule has 0 saturated heterocycles. The zero-order valence-corrected chi connectivity index (χ0v) is 9.24. The Bertz CT molecular complexity index is 364. The molecule has 1 fully saturated rings. The summed E-state index contributed by atoms with van der Waals surface area (Å²) in [6.07, 6.45) is 2.30. The highest BCUT2D eigenvalue weighted by Gasteiger charge is 2.28. The topological polar surface area (TPSA) is 41.5 Å². The van der Waals surface area contributed by atoms with Gasteiger partial charge < -0.3 is 15.2 Å². The minimum atomic E-state index is -0.567. The maximum absolute atomic E-state index is 13.0. The van der Waals surface area contributed by atoms with Gasteiger partial charge in [0.2, 0.25) is 0 Å². The van der Waals surface area contributed by atoms with Gasteiger partial charge in [-0.3, -0.25) is 0 Å². The molecule has 0 radical (unpaired) electrons. The van der Waals surface area contributed by atoms with Crippen LogP contribution in [0.3, 0.4) is 0 Å². The summed E-state index contributed by atoms with van der Waals surface area (Å²) in [6, 6.07) is 4.99. The number of para-hydroxylation sites is 1. The van der Waals surface area contributed by atoms with E-state index >= 15 is 0 Å². The normalized spacial score (nSPS) is 24.1. The number of halogens is 1. The zero-order chi connectivity index (χ0) is 11.5. The molecule has 0 aromatic heterocycles. The third kappa shape index (κ3) is 2.33. The van der Waals surface area contributed by atoms with E-state index in [0.29, 0.717) is 24.3 Å². The van der Waals surface area contributed by atoms with Crippen molar-refractivity contribution in [3.8, 4) is 5.75 Å². The van der Waals surface area contributed by atoms with E-state index < -0.39 is 5.82 Å². The molecule has 0 unspecified atom stereocenters. The first-order valence-electron chi connectivity index (χ1n) is 5.43. The van der Waals surface area contributed by atoms with E-state index in [4.69, 9.17) is 4.74 Å². The number of aromatic hydroxyl groups is 1. The number of rotatable bonds is 4. The molecule has 1 aromatic carbocycles. The van der Waals surface area contributed by atoms with Gasteiger partial charge in [0, 0.05) is 25.3 Å². The Kier molecular flexibility index (Phi) is 3.41. The molecule has 88 valence electrons. The highest BCUT2D eigenvalue weighted by molar-refractivity contribution is 5.33. The molecule has 3 nitrogen and oxygen atoms in total. The first-order chi connectivity index (χ1) is 7.70. The van der Waals surface area contributed by atoms with E-state index in [1.165, 1.54) is 6.07 Å². The largest absolute Gasteiger partial charge is 0.505 e. The fourth-order valence-corrected chi connectivity index (χ4v) is 1.88. The monoisotopic (exact) mass is 225 g/mol. The van der Waals surface area contributed by atoms with Crippen molar-refractivity contribution >= 4 is 0 Å². The first-order valence-corrected chi connectivity index (χ1v) is 5.43. The molecule has 0 aliphatic heterocycles. The van der Waals surface area contributed by atoms with Gasteiger partial charge in [-0.05, 0) is 18.9 Å². The molecule has 0 bridgehead atoms. The van der Waals surface area contributed by atoms with Crippen LogP contribution >= 0.6 is 0 Å². The molecular formula is C12H16FNO2. The van der Waals surface area contributed by atoms with Gasteiger partial charge in [-0.1, -0.05) is 12.1 Å². The number of ether oxygens (including phenoxy) is 1. The Hall–Kier alpha value is -1.13. The molecule has 0 heterocycles. The summed E-state index contributed by atoms with van der Waals surface area (Å²) in [5.41, 5.74) is 0.598. The van der Waals surface area contributed by atoms with E-state index in [-0.39, 0.29) is 5.75 Å². The second kappa shape index (κ2) is 4.80. The number of benzene rings is 1. The minimum absolute atomic E-state index is 0.252. The van der Waals surface area contributed by atoms with Gasteiger partial charge in [0.1, 0.15) is 0 Å². The van der Waals surface area contributed by atoms with Crippen molar-refractivity contribution < 1.29 is 14.2 Å². The molecule has 1 saturated carbocycles. The van der Waals surface area contributed by atoms with Gasteiger partial charge in [-0.2, -0.15) is 0 Å². The molecule has 0 spiro atoms. The molecule has 1 aromatic rings. The molecule has 0 amide bonds. The van der Waals surface area contributed by atoms with Crippen LogP contribution in [0.2, 0.25) is 0 Å². The van der Waals surface area contributed by atoms with Crippen LogP contribution in [0.25, 0.3) is 0 Å². The Balaban J connectivity index is 1.84. The maximum atomic E-state index is 13.0. The molecule has 2 rings (SSSR count). The van der Waals surface area contributed by atoms with E-state index in [1.54, 1.807) is 19.2 Å². The summed E-state index contributed by atoms with van der Waals surface area (Å²) in [6.45, 7) is 0.491. The molecule has 16 heavy (non-hydrogen) atoms. The van der Waals surface area contributed by atoms with Crippen molar-refractivity contribution in [2.45, 2.75) is 31.5 Å². The number of phenols is 1. The third-order valence-corrected chi connectivity index (χ3v) is 3.08. The van der Waals surface area contributed by atoms with Crippen LogP contribution < -0.4 is 5.32 Å². The summed E-state index contributed by atoms with van der Waals surface area (Å²) in [5, 5.41) is 12.7. The maximum Gasteiger partial charge on any atom is 0.165 e. The molecule has 4 heteroatoms. The van der Waals surface area contributed by atoms with E-state index in [2.05, 4.69) is 5.32 Å². The lowest BCUT2D eigenvalue weighted by Crippen LogP contribution is -2.44. The van der Waals surface area contributed by atoms with Gasteiger partial charge in [0.05, 0.1) is 6.10 Å². The van der Waals surface area contributed by atoms with Gasteiger partial charge >= 0.3 is 0 Å². The summed E-state index contributed by atoms with van der Waals surface area (Å²) >= 11 is 0. The van der Waals surface area contributed by atoms with Gasteiger partial charge in [-0.15, -0.1) is 0 Å². The SMILES string of the molecule is COC1CC(NCc2cccc(F)c2O)C1. The van der Waals surface area contributed by atoms with Crippen molar-refractivity contribution in [2.24, 2.45) is 0 Å². The van der Waals surface area contributed by atoms with Crippen molar-refractivity contribution in [1.29, 1.82) is 0 Å². The van der Waals surface area contributed by atoms with Crippen LogP contribution in [-0.2, 0) is 11.3 Å². The number of hydrogen-bond donors (Lipinski definition) is 2. The lowest BCUT2D eigenvalue weighted by Gasteiger charge is -2.34. The summed E-state index contributed by atoms with van der Waals surface area (Å²) < 4.78 is 18.2. The number of phenolic OH excluding ortho intramolecular Hbond substituents is 1. The van der Waals surface area contributed by atoms with Crippen LogP contribution in [-0.4, -0.2) is 24.4 Å². The minimum Gasteiger partial charge on any atom is -0.505 e. The Morgan fingerprint density at radius 3 is 2.94 bits per heavy atom. The van der Waals surface area contributed by atoms with Crippen molar-refractivity contribution in [2.75, 3.05) is 7.11 Å². The smallest absolute Gasteiger partial charge is 0.165 e. The highest BCUT2D eigenvalue weighted by Crippen LogP contribution is 2.25. The van der Waals surface area contributed by atoms with E-state index in [1.807, 2.05) is 0 Å². The van der Waals surface area contributed by atoms with Crippen LogP contribution in [0.1, 0.15) is 18.4 Å². The Morgan fingerprint density at radius 2 is 2.25 bits per heavy atom. The second-order valence-electron chi connectivity index (χ2n) is 4.15. The first kappa shape index (κ1) is 11.4. The predicted molar refractivity (Wildman–Crippen MR) is 58.7 cm³/mol. The van der Waals surface area contributed by atoms with Crippen LogP contribution in [0, 0.1) is 5.82 Å². The van der Waals surface area contributed by atoms with Gasteiger partial charge in [0.25, 0.3) is 0 Å². The third-order valence-electron chi connectivity index (χ3n) is 3.08. The quantitative estimate of drug-likeness (QED) is 0.821. The van der Waals surface area contributed by atoms with Crippen LogP contribution in [0.5, 0.6) is 5.75 Å². The molecule has 0 atom stereocenters. The van der Waals surface area contributed by atoms with Crippen LogP contribution in [0.15, 0.2) is 18.2 Å². The van der Waals surface area contributed by atoms with Crippen molar-refractivity contribution in [3.05, 3.63) is 29.6 Å². The lowest BCUT2D eigenvalue weighted by atomic mass is 9.89. The van der Waals surface area contributed by atoms with Crippen molar-refractivity contribution in [1.82, 2.24) is 5.32 Å². The Labute approximate surface area is 94.2 Å². The molecule has 1 aliphatic rings. The van der Waals surface area contributed by atoms with Gasteiger partial charge in [-0.25, -0.2) is 4.39 Å². The highest BCUT2D eigenvalue weighted by atomic mass is 19.1. The van der Waals surface area contributed by atoms with Crippen LogP contribution in [0.4, 0.5) is 4.39 Å². The summed E-state index contributed by atoms with van der Waals surface area (Å²) in [7, 11) is 1.71. The Morgan fingerprint density at radius 1 is 1.50 bits per heavy atom. The average molecular weight is 225 g/mol. The molecule has 1 aliphatic carbocycles. The number of methoxy groups -OCH3 is 1. The zero-order valence-electron chi connectivity index (χ0n) is 9.24. The summed E-state index contributed by atoms with van der Waals surface area (Å²) in [5.74, 6) is -0.819. The number of hydrogen-bond acceptors (Lipinski definition) is 3. The van der Waals surface area contributed by atoms with E-state index in [0.717, 1.165) is 12.8 Å². The predicted octanol–water partition coefficient (Wildman–Crippen LogP) is 1.80. The fourth-order valence-electron chi connectivity index (χ4n) is 1.88. The number of nitrogens with one attached hydrogen (secondary N) is 1. The average Bonchev–Trinajstić information content (AvgIpc) is 2.22. The fraction of sp³-hybridized carbons (Fsp3) is 0.500. The lowest BCUT2D eigenvalue weighted by molar-refractivity contribution is 0.0169. The van der Waals surface area contributed by atoms with Crippen molar-refractivity contribution in [3.63, 3.8) is 0 Å². The summed E-state index contributed by atoms with van der Waals surface area (Å²) in [4.78, 5) is 0. The standard InChI is InChI=1S/C12H16FNO2/c1-16-10-5-9(6-10)14-7-8-3-2-4-11(13)12(8)15/h2-4,9-10,14-15H,5-7H2,1H3. The molecular weight excluding hydrogens is 209 g/mol. The van der Waals surface area contributed by atoms with Gasteiger partial charge in [0.15, 0.2) is 11.6 Å². The second-order valence-corrected chi connectivity index (χ2v) is 4.15.